The standard InChI is InChI=1S/C75H58N2O/c1-3-5-16-49-26-41-59-60-42-27-50(17-6-4-2)47-68(60)75(67(59)46-49)66-45-44-64-63-22-12-15-25-72(63)78-74(64)73(66)65-43-40-58(48-69(65)75)76(55-34-28-52(29-35-55)51-18-8-7-9-19-51)56-36-30-53(31-37-56)54-32-38-57(39-33-54)77-70-23-13-10-20-61(70)62-21-11-14-24-71(62)77/h7-15,18-48H,3-6,16-17H2,1-2H3. The fourth-order valence-corrected chi connectivity index (χ4v) is 13.5. The number of aromatic nitrogens is 1. The van der Waals surface area contributed by atoms with E-state index in [9.17, 15) is 0 Å². The fraction of sp³-hybridized carbons (Fsp3) is 0.120. The van der Waals surface area contributed by atoms with Gasteiger partial charge in [0, 0.05) is 49.9 Å². The van der Waals surface area contributed by atoms with Crippen LogP contribution in [0.15, 0.2) is 247 Å². The molecule has 2 aliphatic carbocycles. The summed E-state index contributed by atoms with van der Waals surface area (Å²) in [6, 6.07) is 90.9. The maximum absolute atomic E-state index is 7.04. The smallest absolute Gasteiger partial charge is 0.143 e. The molecule has 11 aromatic carbocycles. The van der Waals surface area contributed by atoms with Crippen molar-refractivity contribution in [2.24, 2.45) is 0 Å². The molecule has 0 atom stereocenters. The molecule has 0 saturated carbocycles. The Hall–Kier alpha value is -9.18. The number of fused-ring (bicyclic) bond motifs is 17. The molecule has 0 amide bonds. The second-order valence-corrected chi connectivity index (χ2v) is 21.6. The molecule has 0 unspecified atom stereocenters. The average Bonchev–Trinajstić information content (AvgIpc) is 3.01. The van der Waals surface area contributed by atoms with Crippen molar-refractivity contribution < 1.29 is 4.42 Å². The molecule has 0 saturated heterocycles. The zero-order valence-electron chi connectivity index (χ0n) is 44.1. The third-order valence-electron chi connectivity index (χ3n) is 17.2. The Balaban J connectivity index is 0.916. The van der Waals surface area contributed by atoms with Crippen LogP contribution in [0.3, 0.4) is 0 Å². The van der Waals surface area contributed by atoms with E-state index in [1.165, 1.54) is 99.7 Å². The van der Waals surface area contributed by atoms with Crippen LogP contribution in [0.25, 0.3) is 93.9 Å². The normalized spacial score (nSPS) is 12.9. The first-order valence-electron chi connectivity index (χ1n) is 28.1. The first-order valence-corrected chi connectivity index (χ1v) is 28.1. The van der Waals surface area contributed by atoms with Gasteiger partial charge in [0.2, 0.25) is 0 Å². The number of unbranched alkanes of at least 4 members (excludes halogenated alkanes) is 2. The molecular formula is C75H58N2O. The lowest BCUT2D eigenvalue weighted by Gasteiger charge is -2.33. The van der Waals surface area contributed by atoms with Gasteiger partial charge in [0.1, 0.15) is 11.2 Å². The molecule has 13 aromatic rings. The molecule has 0 bridgehead atoms. The minimum Gasteiger partial charge on any atom is -0.455 e. The number of hydrogen-bond acceptors (Lipinski definition) is 2. The van der Waals surface area contributed by atoms with Crippen LogP contribution in [0.4, 0.5) is 17.1 Å². The van der Waals surface area contributed by atoms with Gasteiger partial charge in [-0.05, 0) is 165 Å². The van der Waals surface area contributed by atoms with E-state index in [-0.39, 0.29) is 0 Å². The van der Waals surface area contributed by atoms with Gasteiger partial charge in [0.05, 0.1) is 16.4 Å². The van der Waals surface area contributed by atoms with E-state index in [0.717, 1.165) is 83.2 Å². The third kappa shape index (κ3) is 7.11. The lowest BCUT2D eigenvalue weighted by molar-refractivity contribution is 0.669. The Morgan fingerprint density at radius 2 is 0.872 bits per heavy atom. The summed E-state index contributed by atoms with van der Waals surface area (Å²) in [6.45, 7) is 4.59. The number of aryl methyl sites for hydroxylation is 2. The van der Waals surface area contributed by atoms with E-state index in [2.05, 4.69) is 266 Å². The quantitative estimate of drug-likeness (QED) is 0.122. The highest BCUT2D eigenvalue weighted by atomic mass is 16.3. The Morgan fingerprint density at radius 1 is 0.385 bits per heavy atom. The van der Waals surface area contributed by atoms with Crippen LogP contribution in [0.2, 0.25) is 0 Å². The third-order valence-corrected chi connectivity index (χ3v) is 17.2. The molecule has 0 aliphatic heterocycles. The van der Waals surface area contributed by atoms with Gasteiger partial charge in [0.25, 0.3) is 0 Å². The van der Waals surface area contributed by atoms with E-state index in [4.69, 9.17) is 4.42 Å². The summed E-state index contributed by atoms with van der Waals surface area (Å²) >= 11 is 0. The topological polar surface area (TPSA) is 21.3 Å². The van der Waals surface area contributed by atoms with Crippen molar-refractivity contribution >= 4 is 60.8 Å². The zero-order chi connectivity index (χ0) is 51.9. The molecule has 78 heavy (non-hydrogen) atoms. The predicted octanol–water partition coefficient (Wildman–Crippen LogP) is 20.5. The van der Waals surface area contributed by atoms with Crippen molar-refractivity contribution in [3.63, 3.8) is 0 Å². The number of rotatable bonds is 12. The van der Waals surface area contributed by atoms with Gasteiger partial charge in [-0.3, -0.25) is 0 Å². The van der Waals surface area contributed by atoms with Crippen molar-refractivity contribution in [2.75, 3.05) is 4.90 Å². The molecule has 0 N–H and O–H groups in total. The molecular weight excluding hydrogens is 945 g/mol. The summed E-state index contributed by atoms with van der Waals surface area (Å²) in [6.07, 6.45) is 6.72. The van der Waals surface area contributed by atoms with Crippen molar-refractivity contribution in [3.8, 4) is 50.2 Å². The predicted molar refractivity (Wildman–Crippen MR) is 327 cm³/mol. The Labute approximate surface area is 456 Å². The maximum Gasteiger partial charge on any atom is 0.143 e. The second-order valence-electron chi connectivity index (χ2n) is 21.6. The number of hydrogen-bond donors (Lipinski definition) is 0. The van der Waals surface area contributed by atoms with E-state index in [1.54, 1.807) is 0 Å². The first-order chi connectivity index (χ1) is 38.6. The number of benzene rings is 11. The molecule has 2 aromatic heterocycles. The monoisotopic (exact) mass is 1000 g/mol. The van der Waals surface area contributed by atoms with Crippen LogP contribution in [0.1, 0.15) is 72.9 Å². The van der Waals surface area contributed by atoms with Gasteiger partial charge >= 0.3 is 0 Å². The van der Waals surface area contributed by atoms with Gasteiger partial charge in [-0.25, -0.2) is 0 Å². The average molecular weight is 1000 g/mol. The van der Waals surface area contributed by atoms with Gasteiger partial charge in [-0.1, -0.05) is 203 Å². The summed E-state index contributed by atoms with van der Waals surface area (Å²) < 4.78 is 9.43. The summed E-state index contributed by atoms with van der Waals surface area (Å²) in [5, 5.41) is 4.84. The van der Waals surface area contributed by atoms with Gasteiger partial charge in [0.15, 0.2) is 0 Å². The summed E-state index contributed by atoms with van der Waals surface area (Å²) in [7, 11) is 0. The van der Waals surface area contributed by atoms with Crippen molar-refractivity contribution in [1.82, 2.24) is 4.57 Å². The van der Waals surface area contributed by atoms with Gasteiger partial charge in [-0.15, -0.1) is 0 Å². The highest BCUT2D eigenvalue weighted by Gasteiger charge is 2.53. The number of furan rings is 1. The molecule has 1 spiro atoms. The molecule has 0 fully saturated rings. The number of anilines is 3. The Morgan fingerprint density at radius 3 is 1.46 bits per heavy atom. The SMILES string of the molecule is CCCCc1ccc2c(c1)C1(c3cc(CCCC)ccc3-2)c2cc(N(c3ccc(-c4ccccc4)cc3)c3ccc(-c4ccc(-n5c6ccccc6c6ccccc65)cc4)cc3)ccc2-c2c1ccc1c2oc2ccccc21. The molecule has 3 heteroatoms. The van der Waals surface area contributed by atoms with Crippen LogP contribution in [0.5, 0.6) is 0 Å². The highest BCUT2D eigenvalue weighted by Crippen LogP contribution is 2.65. The lowest BCUT2D eigenvalue weighted by Crippen LogP contribution is -2.26. The van der Waals surface area contributed by atoms with E-state index < -0.39 is 5.41 Å². The molecule has 3 nitrogen and oxygen atoms in total. The van der Waals surface area contributed by atoms with E-state index >= 15 is 0 Å². The largest absolute Gasteiger partial charge is 0.455 e. The van der Waals surface area contributed by atoms with Crippen LogP contribution in [-0.2, 0) is 18.3 Å². The molecule has 2 aliphatic rings. The van der Waals surface area contributed by atoms with Crippen LogP contribution in [0, 0.1) is 0 Å². The highest BCUT2D eigenvalue weighted by molar-refractivity contribution is 6.13. The minimum atomic E-state index is -0.582. The van der Waals surface area contributed by atoms with Gasteiger partial charge in [-0.2, -0.15) is 0 Å². The number of para-hydroxylation sites is 3. The first kappa shape index (κ1) is 46.1. The Kier molecular flexibility index (Phi) is 11.0. The molecule has 2 heterocycles. The fourth-order valence-electron chi connectivity index (χ4n) is 13.5. The lowest BCUT2D eigenvalue weighted by atomic mass is 9.69. The van der Waals surface area contributed by atoms with Crippen molar-refractivity contribution in [1.29, 1.82) is 0 Å². The van der Waals surface area contributed by atoms with E-state index in [1.807, 2.05) is 0 Å². The van der Waals surface area contributed by atoms with Crippen LogP contribution >= 0.6 is 0 Å². The summed E-state index contributed by atoms with van der Waals surface area (Å²) in [4.78, 5) is 2.46. The minimum absolute atomic E-state index is 0.582. The van der Waals surface area contributed by atoms with Crippen LogP contribution in [-0.4, -0.2) is 4.57 Å². The van der Waals surface area contributed by atoms with Crippen LogP contribution < -0.4 is 4.90 Å². The molecule has 374 valence electrons. The van der Waals surface area contributed by atoms with Crippen molar-refractivity contribution in [3.05, 3.63) is 276 Å². The van der Waals surface area contributed by atoms with Crippen molar-refractivity contribution in [2.45, 2.75) is 57.8 Å². The zero-order valence-corrected chi connectivity index (χ0v) is 44.1. The summed E-state index contributed by atoms with van der Waals surface area (Å²) in [5.74, 6) is 0. The summed E-state index contributed by atoms with van der Waals surface area (Å²) in [5.41, 5.74) is 26.1. The second kappa shape index (κ2) is 18.5. The number of nitrogens with zero attached hydrogens (tertiary/aromatic N) is 2. The van der Waals surface area contributed by atoms with E-state index in [0.29, 0.717) is 0 Å². The Bertz CT molecular complexity index is 4330. The maximum atomic E-state index is 7.04. The van der Waals surface area contributed by atoms with Gasteiger partial charge < -0.3 is 13.9 Å². The molecule has 0 radical (unpaired) electrons. The molecule has 15 rings (SSSR count).